The van der Waals surface area contributed by atoms with E-state index < -0.39 is 0 Å². The Labute approximate surface area is 115 Å². The summed E-state index contributed by atoms with van der Waals surface area (Å²) in [5, 5.41) is 3.37. The second kappa shape index (κ2) is 5.45. The molecule has 4 nitrogen and oxygen atoms in total. The Kier molecular flexibility index (Phi) is 3.69. The molecule has 19 heavy (non-hydrogen) atoms. The highest BCUT2D eigenvalue weighted by Crippen LogP contribution is 2.36. The van der Waals surface area contributed by atoms with E-state index in [9.17, 15) is 0 Å². The van der Waals surface area contributed by atoms with Crippen molar-refractivity contribution in [1.29, 1.82) is 0 Å². The lowest BCUT2D eigenvalue weighted by atomic mass is 10.3. The normalized spacial score (nSPS) is 18.9. The first-order chi connectivity index (χ1) is 9.22. The van der Waals surface area contributed by atoms with Crippen LogP contribution in [0.4, 0.5) is 5.82 Å². The van der Waals surface area contributed by atoms with Crippen molar-refractivity contribution < 1.29 is 0 Å². The number of nitrogens with zero attached hydrogens (tertiary/aromatic N) is 3. The van der Waals surface area contributed by atoms with Gasteiger partial charge in [0, 0.05) is 25.2 Å². The van der Waals surface area contributed by atoms with Gasteiger partial charge in [-0.3, -0.25) is 4.98 Å². The van der Waals surface area contributed by atoms with E-state index in [0.29, 0.717) is 6.04 Å². The minimum Gasteiger partial charge on any atom is -0.352 e. The zero-order valence-corrected chi connectivity index (χ0v) is 12.0. The standard InChI is InChI=1S/C15H24N4/c1-11(2)16-7-13-8-18-15(9-17-13)19(14-5-6-14)10-12-3-4-12/h8-9,11-12,14,16H,3-7,10H2,1-2H3. The van der Waals surface area contributed by atoms with E-state index in [1.165, 1.54) is 32.2 Å². The van der Waals surface area contributed by atoms with Gasteiger partial charge in [0.1, 0.15) is 5.82 Å². The maximum Gasteiger partial charge on any atom is 0.147 e. The summed E-state index contributed by atoms with van der Waals surface area (Å²) in [6, 6.07) is 1.22. The Morgan fingerprint density at radius 1 is 1.21 bits per heavy atom. The Bertz CT molecular complexity index is 407. The SMILES string of the molecule is CC(C)NCc1cnc(N(CC2CC2)C2CC2)cn1. The largest absolute Gasteiger partial charge is 0.352 e. The van der Waals surface area contributed by atoms with Crippen LogP contribution in [0.15, 0.2) is 12.4 Å². The zero-order chi connectivity index (χ0) is 13.2. The van der Waals surface area contributed by atoms with Crippen molar-refractivity contribution in [2.45, 2.75) is 58.2 Å². The molecule has 0 unspecified atom stereocenters. The molecule has 1 N–H and O–H groups in total. The third-order valence-corrected chi connectivity index (χ3v) is 3.82. The number of aromatic nitrogens is 2. The van der Waals surface area contributed by atoms with Gasteiger partial charge in [-0.25, -0.2) is 4.98 Å². The second-order valence-electron chi connectivity index (χ2n) is 6.23. The third kappa shape index (κ3) is 3.66. The van der Waals surface area contributed by atoms with Crippen molar-refractivity contribution >= 4 is 5.82 Å². The minimum absolute atomic E-state index is 0.485. The van der Waals surface area contributed by atoms with Crippen molar-refractivity contribution in [2.24, 2.45) is 5.92 Å². The van der Waals surface area contributed by atoms with Gasteiger partial charge < -0.3 is 10.2 Å². The summed E-state index contributed by atoms with van der Waals surface area (Å²) < 4.78 is 0. The average Bonchev–Trinajstić information content (AvgIpc) is 3.27. The minimum atomic E-state index is 0.485. The molecule has 2 fully saturated rings. The van der Waals surface area contributed by atoms with Gasteiger partial charge in [-0.2, -0.15) is 0 Å². The molecule has 1 heterocycles. The van der Waals surface area contributed by atoms with E-state index in [-0.39, 0.29) is 0 Å². The molecule has 1 aromatic heterocycles. The van der Waals surface area contributed by atoms with Crippen LogP contribution in [-0.4, -0.2) is 28.6 Å². The van der Waals surface area contributed by atoms with Gasteiger partial charge in [-0.05, 0) is 31.6 Å². The molecule has 0 bridgehead atoms. The highest BCUT2D eigenvalue weighted by atomic mass is 15.2. The molecule has 0 aliphatic heterocycles. The average molecular weight is 260 g/mol. The fourth-order valence-corrected chi connectivity index (χ4v) is 2.29. The Hall–Kier alpha value is -1.16. The quantitative estimate of drug-likeness (QED) is 0.817. The molecular weight excluding hydrogens is 236 g/mol. The molecule has 1 aromatic rings. The molecule has 0 amide bonds. The van der Waals surface area contributed by atoms with Crippen molar-refractivity contribution in [3.63, 3.8) is 0 Å². The zero-order valence-electron chi connectivity index (χ0n) is 12.0. The number of hydrogen-bond donors (Lipinski definition) is 1. The maximum atomic E-state index is 4.62. The molecule has 104 valence electrons. The lowest BCUT2D eigenvalue weighted by Gasteiger charge is -2.23. The Morgan fingerprint density at radius 2 is 2.00 bits per heavy atom. The molecule has 2 saturated carbocycles. The predicted molar refractivity (Wildman–Crippen MR) is 77.1 cm³/mol. The molecule has 0 aromatic carbocycles. The van der Waals surface area contributed by atoms with Crippen LogP contribution in [0.2, 0.25) is 0 Å². The first-order valence-corrected chi connectivity index (χ1v) is 7.53. The lowest BCUT2D eigenvalue weighted by molar-refractivity contribution is 0.579. The second-order valence-corrected chi connectivity index (χ2v) is 6.23. The van der Waals surface area contributed by atoms with Gasteiger partial charge in [-0.15, -0.1) is 0 Å². The van der Waals surface area contributed by atoms with E-state index in [4.69, 9.17) is 0 Å². The number of nitrogens with one attached hydrogen (secondary N) is 1. The van der Waals surface area contributed by atoms with Crippen molar-refractivity contribution in [3.8, 4) is 0 Å². The van der Waals surface area contributed by atoms with Gasteiger partial charge in [0.2, 0.25) is 0 Å². The van der Waals surface area contributed by atoms with Gasteiger partial charge >= 0.3 is 0 Å². The fraction of sp³-hybridized carbons (Fsp3) is 0.733. The van der Waals surface area contributed by atoms with Crippen LogP contribution < -0.4 is 10.2 Å². The maximum absolute atomic E-state index is 4.62. The third-order valence-electron chi connectivity index (χ3n) is 3.82. The molecule has 4 heteroatoms. The topological polar surface area (TPSA) is 41.1 Å². The van der Waals surface area contributed by atoms with Crippen LogP contribution in [0.1, 0.15) is 45.2 Å². The smallest absolute Gasteiger partial charge is 0.147 e. The van der Waals surface area contributed by atoms with Crippen LogP contribution in [0, 0.1) is 5.92 Å². The predicted octanol–water partition coefficient (Wildman–Crippen LogP) is 2.35. The first kappa shape index (κ1) is 12.9. The van der Waals surface area contributed by atoms with Crippen LogP contribution >= 0.6 is 0 Å². The highest BCUT2D eigenvalue weighted by molar-refractivity contribution is 5.39. The lowest BCUT2D eigenvalue weighted by Crippen LogP contribution is -2.29. The summed E-state index contributed by atoms with van der Waals surface area (Å²) in [4.78, 5) is 11.6. The van der Waals surface area contributed by atoms with Gasteiger partial charge in [0.05, 0.1) is 18.1 Å². The highest BCUT2D eigenvalue weighted by Gasteiger charge is 2.34. The molecule has 2 aliphatic rings. The number of rotatable bonds is 7. The summed E-state index contributed by atoms with van der Waals surface area (Å²) >= 11 is 0. The van der Waals surface area contributed by atoms with E-state index in [2.05, 4.69) is 34.0 Å². The number of anilines is 1. The van der Waals surface area contributed by atoms with Crippen LogP contribution in [0.5, 0.6) is 0 Å². The van der Waals surface area contributed by atoms with Crippen molar-refractivity contribution in [3.05, 3.63) is 18.1 Å². The van der Waals surface area contributed by atoms with Gasteiger partial charge in [-0.1, -0.05) is 13.8 Å². The molecule has 0 atom stereocenters. The molecular formula is C15H24N4. The molecule has 0 spiro atoms. The van der Waals surface area contributed by atoms with Gasteiger partial charge in [0.15, 0.2) is 0 Å². The molecule has 2 aliphatic carbocycles. The monoisotopic (exact) mass is 260 g/mol. The van der Waals surface area contributed by atoms with Crippen molar-refractivity contribution in [1.82, 2.24) is 15.3 Å². The number of hydrogen-bond acceptors (Lipinski definition) is 4. The first-order valence-electron chi connectivity index (χ1n) is 7.53. The summed E-state index contributed by atoms with van der Waals surface area (Å²) in [7, 11) is 0. The van der Waals surface area contributed by atoms with E-state index >= 15 is 0 Å². The van der Waals surface area contributed by atoms with Crippen LogP contribution in [-0.2, 0) is 6.54 Å². The van der Waals surface area contributed by atoms with E-state index in [0.717, 1.165) is 30.0 Å². The van der Waals surface area contributed by atoms with Crippen LogP contribution in [0.3, 0.4) is 0 Å². The summed E-state index contributed by atoms with van der Waals surface area (Å²) in [6.07, 6.45) is 9.32. The molecule has 3 rings (SSSR count). The van der Waals surface area contributed by atoms with Crippen LogP contribution in [0.25, 0.3) is 0 Å². The summed E-state index contributed by atoms with van der Waals surface area (Å²) in [5.74, 6) is 1.98. The summed E-state index contributed by atoms with van der Waals surface area (Å²) in [6.45, 7) is 6.28. The van der Waals surface area contributed by atoms with E-state index in [1.807, 2.05) is 12.4 Å². The molecule has 0 radical (unpaired) electrons. The van der Waals surface area contributed by atoms with Gasteiger partial charge in [0.25, 0.3) is 0 Å². The molecule has 0 saturated heterocycles. The summed E-state index contributed by atoms with van der Waals surface area (Å²) in [5.41, 5.74) is 1.03. The fourth-order valence-electron chi connectivity index (χ4n) is 2.29. The van der Waals surface area contributed by atoms with Crippen molar-refractivity contribution in [2.75, 3.05) is 11.4 Å². The Morgan fingerprint density at radius 3 is 2.53 bits per heavy atom. The van der Waals surface area contributed by atoms with E-state index in [1.54, 1.807) is 0 Å². The Balaban J connectivity index is 1.62.